The van der Waals surface area contributed by atoms with Gasteiger partial charge in [0.1, 0.15) is 0 Å². The highest BCUT2D eigenvalue weighted by molar-refractivity contribution is 5.70. The number of nitrogens with zero attached hydrogens (tertiary/aromatic N) is 2. The molecule has 104 valence electrons. The summed E-state index contributed by atoms with van der Waals surface area (Å²) in [5, 5.41) is 0. The summed E-state index contributed by atoms with van der Waals surface area (Å²) in [5.74, 6) is -0.586. The molecule has 6 heteroatoms. The average Bonchev–Trinajstić information content (AvgIpc) is 2.79. The van der Waals surface area contributed by atoms with Crippen LogP contribution in [0.4, 0.5) is 8.78 Å². The van der Waals surface area contributed by atoms with Gasteiger partial charge in [-0.25, -0.2) is 8.78 Å². The maximum atomic E-state index is 13.1. The molecule has 0 radical (unpaired) electrons. The van der Waals surface area contributed by atoms with Crippen LogP contribution in [0.5, 0.6) is 0 Å². The van der Waals surface area contributed by atoms with Crippen molar-refractivity contribution in [2.45, 2.75) is 38.9 Å². The minimum atomic E-state index is -2.58. The van der Waals surface area contributed by atoms with E-state index in [9.17, 15) is 13.6 Å². The molecule has 1 aromatic heterocycles. The predicted octanol–water partition coefficient (Wildman–Crippen LogP) is 1.98. The summed E-state index contributed by atoms with van der Waals surface area (Å²) in [6, 6.07) is 2.54. The van der Waals surface area contributed by atoms with Gasteiger partial charge < -0.3 is 4.74 Å². The minimum Gasteiger partial charge on any atom is -0.466 e. The number of ether oxygens (including phenoxy) is 1. The number of hydrogen-bond acceptors (Lipinski definition) is 4. The lowest BCUT2D eigenvalue weighted by Gasteiger charge is -2.25. The molecule has 1 atom stereocenters. The van der Waals surface area contributed by atoms with E-state index in [0.29, 0.717) is 13.1 Å². The molecule has 1 aliphatic heterocycles. The van der Waals surface area contributed by atoms with Crippen LogP contribution in [0.2, 0.25) is 0 Å². The fourth-order valence-electron chi connectivity index (χ4n) is 2.23. The quantitative estimate of drug-likeness (QED) is 0.767. The van der Waals surface area contributed by atoms with Crippen molar-refractivity contribution in [3.8, 4) is 0 Å². The highest BCUT2D eigenvalue weighted by Gasteiger charge is 2.34. The highest BCUT2D eigenvalue weighted by atomic mass is 19.3. The van der Waals surface area contributed by atoms with Crippen molar-refractivity contribution in [1.29, 1.82) is 0 Å². The van der Waals surface area contributed by atoms with Crippen molar-refractivity contribution >= 4 is 5.97 Å². The number of hydrogen-bond donors (Lipinski definition) is 0. The van der Waals surface area contributed by atoms with E-state index in [2.05, 4.69) is 4.98 Å². The van der Waals surface area contributed by atoms with Crippen molar-refractivity contribution in [2.75, 3.05) is 6.61 Å². The van der Waals surface area contributed by atoms with Crippen LogP contribution in [0.1, 0.15) is 24.6 Å². The maximum absolute atomic E-state index is 13.1. The molecule has 0 aromatic carbocycles. The van der Waals surface area contributed by atoms with E-state index in [1.165, 1.54) is 0 Å². The first-order valence-electron chi connectivity index (χ1n) is 6.22. The molecule has 0 saturated carbocycles. The topological polar surface area (TPSA) is 42.4 Å². The summed E-state index contributed by atoms with van der Waals surface area (Å²) in [6.07, 6.45) is -1.23. The van der Waals surface area contributed by atoms with Gasteiger partial charge in [-0.15, -0.1) is 0 Å². The zero-order valence-corrected chi connectivity index (χ0v) is 10.7. The van der Waals surface area contributed by atoms with Crippen LogP contribution in [0, 0.1) is 0 Å². The summed E-state index contributed by atoms with van der Waals surface area (Å²) in [6.45, 7) is 2.61. The number of pyridine rings is 1. The van der Waals surface area contributed by atoms with Gasteiger partial charge in [-0.3, -0.25) is 14.7 Å². The minimum absolute atomic E-state index is 0.205. The molecule has 2 rings (SSSR count). The molecule has 4 nitrogen and oxygen atoms in total. The number of fused-ring (bicyclic) bond motifs is 1. The van der Waals surface area contributed by atoms with E-state index in [1.807, 2.05) is 6.07 Å². The van der Waals surface area contributed by atoms with E-state index >= 15 is 0 Å². The van der Waals surface area contributed by atoms with Gasteiger partial charge in [0.25, 0.3) is 6.43 Å². The molecule has 1 unspecified atom stereocenters. The maximum Gasteiger partial charge on any atom is 0.307 e. The summed E-state index contributed by atoms with van der Waals surface area (Å²) in [5.41, 5.74) is 1.74. The van der Waals surface area contributed by atoms with Gasteiger partial charge in [0, 0.05) is 19.3 Å². The van der Waals surface area contributed by atoms with Crippen molar-refractivity contribution < 1.29 is 18.3 Å². The second-order valence-corrected chi connectivity index (χ2v) is 4.43. The molecular formula is C13H16F2N2O2. The number of alkyl halides is 2. The van der Waals surface area contributed by atoms with E-state index in [0.717, 1.165) is 11.3 Å². The Morgan fingerprint density at radius 3 is 2.95 bits per heavy atom. The first kappa shape index (κ1) is 13.9. The number of esters is 1. The monoisotopic (exact) mass is 270 g/mol. The smallest absolute Gasteiger partial charge is 0.307 e. The number of halogens is 2. The van der Waals surface area contributed by atoms with Gasteiger partial charge >= 0.3 is 5.97 Å². The Kier molecular flexibility index (Phi) is 4.42. The standard InChI is InChI=1S/C13H16F2N2O2/c1-2-19-12(18)6-11(13(14)15)17-7-9-4-3-5-16-10(9)8-17/h3-5,11,13H,2,6-8H2,1H3. The average molecular weight is 270 g/mol. The second kappa shape index (κ2) is 6.06. The zero-order valence-electron chi connectivity index (χ0n) is 10.7. The van der Waals surface area contributed by atoms with Crippen LogP contribution in [-0.4, -0.2) is 34.9 Å². The molecule has 0 bridgehead atoms. The van der Waals surface area contributed by atoms with E-state index in [4.69, 9.17) is 4.74 Å². The first-order valence-corrected chi connectivity index (χ1v) is 6.22. The van der Waals surface area contributed by atoms with Crippen LogP contribution < -0.4 is 0 Å². The molecule has 19 heavy (non-hydrogen) atoms. The largest absolute Gasteiger partial charge is 0.466 e. The third kappa shape index (κ3) is 3.26. The molecule has 0 amide bonds. The highest BCUT2D eigenvalue weighted by Crippen LogP contribution is 2.26. The van der Waals surface area contributed by atoms with Crippen molar-refractivity contribution in [3.05, 3.63) is 29.6 Å². The molecule has 1 aliphatic rings. The summed E-state index contributed by atoms with van der Waals surface area (Å²) >= 11 is 0. The third-order valence-corrected chi connectivity index (χ3v) is 3.15. The SMILES string of the molecule is CCOC(=O)CC(C(F)F)N1Cc2cccnc2C1. The Labute approximate surface area is 110 Å². The molecule has 0 fully saturated rings. The van der Waals surface area contributed by atoms with Crippen molar-refractivity contribution in [3.63, 3.8) is 0 Å². The Balaban J connectivity index is 2.04. The van der Waals surface area contributed by atoms with Gasteiger partial charge in [-0.1, -0.05) is 6.07 Å². The Morgan fingerprint density at radius 2 is 2.32 bits per heavy atom. The van der Waals surface area contributed by atoms with Gasteiger partial charge in [0.05, 0.1) is 24.8 Å². The van der Waals surface area contributed by atoms with Gasteiger partial charge in [0.15, 0.2) is 0 Å². The normalized spacial score (nSPS) is 16.4. The predicted molar refractivity (Wildman–Crippen MR) is 64.5 cm³/mol. The summed E-state index contributed by atoms with van der Waals surface area (Å²) in [7, 11) is 0. The number of carbonyl (C=O) groups excluding carboxylic acids is 1. The van der Waals surface area contributed by atoms with Crippen molar-refractivity contribution in [2.24, 2.45) is 0 Å². The Hall–Kier alpha value is -1.56. The van der Waals surface area contributed by atoms with Crippen LogP contribution in [0.25, 0.3) is 0 Å². The summed E-state index contributed by atoms with van der Waals surface area (Å²) in [4.78, 5) is 17.1. The first-order chi connectivity index (χ1) is 9.11. The van der Waals surface area contributed by atoms with Crippen LogP contribution in [0.15, 0.2) is 18.3 Å². The number of carbonyl (C=O) groups is 1. The fourth-order valence-corrected chi connectivity index (χ4v) is 2.23. The number of rotatable bonds is 5. The van der Waals surface area contributed by atoms with E-state index in [1.54, 1.807) is 24.1 Å². The van der Waals surface area contributed by atoms with Crippen LogP contribution >= 0.6 is 0 Å². The lowest BCUT2D eigenvalue weighted by Crippen LogP contribution is -2.39. The van der Waals surface area contributed by atoms with Crippen molar-refractivity contribution in [1.82, 2.24) is 9.88 Å². The van der Waals surface area contributed by atoms with Gasteiger partial charge in [0.2, 0.25) is 0 Å². The lowest BCUT2D eigenvalue weighted by atomic mass is 10.2. The molecule has 0 saturated heterocycles. The molecule has 2 heterocycles. The van der Waals surface area contributed by atoms with E-state index < -0.39 is 18.4 Å². The Bertz CT molecular complexity index is 429. The lowest BCUT2D eigenvalue weighted by molar-refractivity contribution is -0.146. The molecule has 0 spiro atoms. The molecule has 0 N–H and O–H groups in total. The van der Waals surface area contributed by atoms with Crippen LogP contribution in [0.3, 0.4) is 0 Å². The fraction of sp³-hybridized carbons (Fsp3) is 0.538. The molecule has 0 aliphatic carbocycles. The summed E-state index contributed by atoms with van der Waals surface area (Å²) < 4.78 is 31.0. The zero-order chi connectivity index (χ0) is 13.8. The third-order valence-electron chi connectivity index (χ3n) is 3.15. The van der Waals surface area contributed by atoms with Gasteiger partial charge in [-0.05, 0) is 18.6 Å². The second-order valence-electron chi connectivity index (χ2n) is 4.43. The van der Waals surface area contributed by atoms with Gasteiger partial charge in [-0.2, -0.15) is 0 Å². The Morgan fingerprint density at radius 1 is 1.53 bits per heavy atom. The molecular weight excluding hydrogens is 254 g/mol. The molecule has 1 aromatic rings. The van der Waals surface area contributed by atoms with Crippen LogP contribution in [-0.2, 0) is 22.6 Å². The van der Waals surface area contributed by atoms with E-state index in [-0.39, 0.29) is 13.0 Å². The number of aromatic nitrogens is 1.